The predicted molar refractivity (Wildman–Crippen MR) is 212 cm³/mol. The first kappa shape index (κ1) is 29.0. The second-order valence-corrected chi connectivity index (χ2v) is 15.9. The van der Waals surface area contributed by atoms with Crippen LogP contribution in [-0.4, -0.2) is 15.0 Å². The van der Waals surface area contributed by atoms with E-state index in [4.69, 9.17) is 15.0 Å². The summed E-state index contributed by atoms with van der Waals surface area (Å²) >= 11 is 0. The zero-order valence-electron chi connectivity index (χ0n) is 29.0. The number of aromatic nitrogens is 3. The molecule has 4 saturated carbocycles. The Balaban J connectivity index is 1.23. The van der Waals surface area contributed by atoms with E-state index in [9.17, 15) is 0 Å². The van der Waals surface area contributed by atoms with Crippen LogP contribution in [0.15, 0.2) is 140 Å². The molecule has 248 valence electrons. The van der Waals surface area contributed by atoms with Crippen molar-refractivity contribution in [3.05, 3.63) is 151 Å². The molecule has 0 unspecified atom stereocenters. The van der Waals surface area contributed by atoms with Crippen LogP contribution in [0, 0.1) is 23.7 Å². The zero-order chi connectivity index (χ0) is 34.0. The molecule has 52 heavy (non-hydrogen) atoms. The van der Waals surface area contributed by atoms with Gasteiger partial charge in [-0.25, -0.2) is 15.0 Å². The summed E-state index contributed by atoms with van der Waals surface area (Å²) in [5.74, 6) is 5.13. The van der Waals surface area contributed by atoms with Gasteiger partial charge in [0.05, 0.1) is 0 Å². The maximum absolute atomic E-state index is 5.33. The van der Waals surface area contributed by atoms with Crippen molar-refractivity contribution in [1.29, 1.82) is 0 Å². The van der Waals surface area contributed by atoms with Crippen LogP contribution in [0.5, 0.6) is 0 Å². The Morgan fingerprint density at radius 3 is 1.42 bits per heavy atom. The molecule has 4 bridgehead atoms. The Hall–Kier alpha value is -5.67. The van der Waals surface area contributed by atoms with Crippen LogP contribution in [0.2, 0.25) is 0 Å². The maximum atomic E-state index is 5.33. The highest BCUT2D eigenvalue weighted by Gasteiger charge is 2.62. The van der Waals surface area contributed by atoms with Gasteiger partial charge in [0, 0.05) is 22.1 Å². The van der Waals surface area contributed by atoms with Gasteiger partial charge in [-0.1, -0.05) is 133 Å². The van der Waals surface area contributed by atoms with Crippen LogP contribution in [-0.2, 0) is 5.41 Å². The number of fused-ring (bicyclic) bond motifs is 10. The highest BCUT2D eigenvalue weighted by atomic mass is 15.0. The maximum Gasteiger partial charge on any atom is 0.164 e. The Bertz CT molecular complexity index is 2660. The minimum absolute atomic E-state index is 0.0436. The summed E-state index contributed by atoms with van der Waals surface area (Å²) in [5, 5.41) is 8.09. The van der Waals surface area contributed by atoms with E-state index in [0.29, 0.717) is 23.5 Å². The molecule has 1 heterocycles. The molecule has 0 N–H and O–H groups in total. The van der Waals surface area contributed by atoms with E-state index in [0.717, 1.165) is 34.4 Å². The molecule has 0 atom stereocenters. The van der Waals surface area contributed by atoms with Crippen molar-refractivity contribution >= 4 is 32.3 Å². The van der Waals surface area contributed by atoms with Gasteiger partial charge in [0.2, 0.25) is 0 Å². The fourth-order valence-electron chi connectivity index (χ4n) is 11.8. The lowest BCUT2D eigenvalue weighted by Crippen LogP contribution is -2.55. The minimum Gasteiger partial charge on any atom is -0.208 e. The van der Waals surface area contributed by atoms with Gasteiger partial charge in [0.15, 0.2) is 17.5 Å². The highest BCUT2D eigenvalue weighted by molar-refractivity contribution is 6.22. The lowest BCUT2D eigenvalue weighted by molar-refractivity contribution is -0.0393. The number of hydrogen-bond donors (Lipinski definition) is 0. The number of benzene rings is 7. The van der Waals surface area contributed by atoms with Crippen molar-refractivity contribution in [3.8, 4) is 45.3 Å². The quantitative estimate of drug-likeness (QED) is 0.176. The Kier molecular flexibility index (Phi) is 5.95. The summed E-state index contributed by atoms with van der Waals surface area (Å²) in [5.41, 5.74) is 9.12. The van der Waals surface area contributed by atoms with Crippen molar-refractivity contribution in [1.82, 2.24) is 15.0 Å². The van der Waals surface area contributed by atoms with Gasteiger partial charge in [-0.05, 0) is 116 Å². The van der Waals surface area contributed by atoms with Crippen LogP contribution < -0.4 is 0 Å². The zero-order valence-corrected chi connectivity index (χ0v) is 29.0. The summed E-state index contributed by atoms with van der Waals surface area (Å²) in [6.45, 7) is 0. The Morgan fingerprint density at radius 1 is 0.404 bits per heavy atom. The fourth-order valence-corrected chi connectivity index (χ4v) is 11.8. The normalized spacial score (nSPS) is 23.8. The largest absolute Gasteiger partial charge is 0.208 e. The third-order valence-electron chi connectivity index (χ3n) is 13.5. The molecule has 5 aliphatic rings. The average Bonchev–Trinajstić information content (AvgIpc) is 3.52. The van der Waals surface area contributed by atoms with Gasteiger partial charge in [0.1, 0.15) is 0 Å². The summed E-state index contributed by atoms with van der Waals surface area (Å²) in [7, 11) is 0. The van der Waals surface area contributed by atoms with E-state index in [1.807, 2.05) is 12.1 Å². The monoisotopic (exact) mass is 667 g/mol. The molecule has 7 aromatic carbocycles. The molecular weight excluding hydrogens is 631 g/mol. The van der Waals surface area contributed by atoms with E-state index in [-0.39, 0.29) is 5.41 Å². The molecule has 3 nitrogen and oxygen atoms in total. The summed E-state index contributed by atoms with van der Waals surface area (Å²) in [6, 6.07) is 50.9. The van der Waals surface area contributed by atoms with Crippen molar-refractivity contribution in [3.63, 3.8) is 0 Å². The van der Waals surface area contributed by atoms with E-state index in [1.54, 1.807) is 5.56 Å². The molecule has 0 amide bonds. The van der Waals surface area contributed by atoms with E-state index < -0.39 is 0 Å². The average molecular weight is 668 g/mol. The lowest BCUT2D eigenvalue weighted by Gasteiger charge is -2.61. The molecule has 13 rings (SSSR count). The van der Waals surface area contributed by atoms with E-state index in [2.05, 4.69) is 127 Å². The predicted octanol–water partition coefficient (Wildman–Crippen LogP) is 12.1. The number of nitrogens with zero attached hydrogens (tertiary/aromatic N) is 3. The van der Waals surface area contributed by atoms with Crippen molar-refractivity contribution in [2.75, 3.05) is 0 Å². The van der Waals surface area contributed by atoms with Crippen LogP contribution >= 0.6 is 0 Å². The molecule has 0 radical (unpaired) electrons. The highest BCUT2D eigenvalue weighted by Crippen LogP contribution is 2.72. The van der Waals surface area contributed by atoms with Crippen molar-refractivity contribution in [2.45, 2.75) is 37.5 Å². The van der Waals surface area contributed by atoms with Crippen molar-refractivity contribution < 1.29 is 0 Å². The number of rotatable bonds is 3. The van der Waals surface area contributed by atoms with Gasteiger partial charge in [-0.15, -0.1) is 0 Å². The van der Waals surface area contributed by atoms with E-state index >= 15 is 0 Å². The van der Waals surface area contributed by atoms with Crippen LogP contribution in [0.1, 0.15) is 43.2 Å². The second kappa shape index (κ2) is 10.7. The topological polar surface area (TPSA) is 38.7 Å². The van der Waals surface area contributed by atoms with Crippen LogP contribution in [0.25, 0.3) is 77.6 Å². The van der Waals surface area contributed by atoms with Gasteiger partial charge in [0.25, 0.3) is 0 Å². The smallest absolute Gasteiger partial charge is 0.164 e. The second-order valence-electron chi connectivity index (χ2n) is 15.9. The first-order valence-corrected chi connectivity index (χ1v) is 19.1. The first-order valence-electron chi connectivity index (χ1n) is 19.1. The van der Waals surface area contributed by atoms with Crippen LogP contribution in [0.4, 0.5) is 0 Å². The Labute approximate surface area is 303 Å². The fraction of sp³-hybridized carbons (Fsp3) is 0.204. The molecule has 8 aromatic rings. The molecule has 3 heteroatoms. The SMILES string of the molecule is c1ccc(-c2nc(-c3ccccc3)nc(-c3cc4c(c5ccccc35)-c3c(c5ccccc5c5ccccc35)C43C4CC5CC(C4)CC3C5)n2)cc1. The molecule has 5 aliphatic carbocycles. The molecule has 0 saturated heterocycles. The number of hydrogen-bond acceptors (Lipinski definition) is 3. The Morgan fingerprint density at radius 2 is 0.846 bits per heavy atom. The third-order valence-corrected chi connectivity index (χ3v) is 13.5. The molecule has 1 spiro atoms. The first-order chi connectivity index (χ1) is 25.8. The van der Waals surface area contributed by atoms with E-state index in [1.165, 1.54) is 81.1 Å². The van der Waals surface area contributed by atoms with Gasteiger partial charge < -0.3 is 0 Å². The van der Waals surface area contributed by atoms with Crippen LogP contribution in [0.3, 0.4) is 0 Å². The summed E-state index contributed by atoms with van der Waals surface area (Å²) in [4.78, 5) is 15.7. The molecule has 0 aliphatic heterocycles. The van der Waals surface area contributed by atoms with Gasteiger partial charge in [-0.3, -0.25) is 0 Å². The van der Waals surface area contributed by atoms with Gasteiger partial charge in [-0.2, -0.15) is 0 Å². The summed E-state index contributed by atoms with van der Waals surface area (Å²) < 4.78 is 0. The lowest BCUT2D eigenvalue weighted by atomic mass is 9.43. The minimum atomic E-state index is -0.0436. The standard InChI is InChI=1S/C49H37N3/c1-3-13-31(14-4-1)46-50-47(32-15-5-2-6-16-32)52-48(51-46)41-28-42-43(38-20-10-8-19-37(38)41)44-39-21-11-7-17-35(39)36-18-9-12-22-40(36)45(44)49(42)33-24-29-23-30(26-33)27-34(49)25-29/h1-22,28-30,33-34H,23-27H2. The third kappa shape index (κ3) is 3.83. The molecule has 1 aromatic heterocycles. The molecule has 4 fully saturated rings. The summed E-state index contributed by atoms with van der Waals surface area (Å²) in [6.07, 6.45) is 6.75. The van der Waals surface area contributed by atoms with Gasteiger partial charge >= 0.3 is 0 Å². The molecular formula is C49H37N3. The van der Waals surface area contributed by atoms with Crippen molar-refractivity contribution in [2.24, 2.45) is 23.7 Å².